The predicted molar refractivity (Wildman–Crippen MR) is 29.2 cm³/mol. The van der Waals surface area contributed by atoms with Crippen LogP contribution in [0.5, 0.6) is 0 Å². The Balaban J connectivity index is 3.11. The Bertz CT molecular complexity index is 91.3. The van der Waals surface area contributed by atoms with Gasteiger partial charge in [0.25, 0.3) is 0 Å². The summed E-state index contributed by atoms with van der Waals surface area (Å²) in [6, 6.07) is -0.509. The van der Waals surface area contributed by atoms with Crippen LogP contribution in [-0.4, -0.2) is 6.03 Å². The van der Waals surface area contributed by atoms with Gasteiger partial charge < -0.3 is 5.43 Å². The van der Waals surface area contributed by atoms with Crippen molar-refractivity contribution in [2.24, 2.45) is 5.84 Å². The molecule has 5 nitrogen and oxygen atoms in total. The number of urea groups is 1. The Morgan fingerprint density at radius 1 is 1.75 bits per heavy atom. The number of carbonyl (C=O) groups excluding carboxylic acids is 1. The first-order valence-electron chi connectivity index (χ1n) is 1.94. The number of hydrazine groups is 2. The van der Waals surface area contributed by atoms with Gasteiger partial charge in [-0.1, -0.05) is 6.58 Å². The molecular weight excluding hydrogens is 108 g/mol. The summed E-state index contributed by atoms with van der Waals surface area (Å²) >= 11 is 0. The first-order valence-corrected chi connectivity index (χ1v) is 1.94. The summed E-state index contributed by atoms with van der Waals surface area (Å²) in [5, 5.41) is 0. The van der Waals surface area contributed by atoms with Gasteiger partial charge in [-0.3, -0.25) is 10.9 Å². The fourth-order valence-corrected chi connectivity index (χ4v) is 0.153. The van der Waals surface area contributed by atoms with Gasteiger partial charge in [0.1, 0.15) is 0 Å². The average Bonchev–Trinajstić information content (AvgIpc) is 1.83. The number of hydrogen-bond acceptors (Lipinski definition) is 3. The molecule has 8 heavy (non-hydrogen) atoms. The third kappa shape index (κ3) is 2.98. The van der Waals surface area contributed by atoms with Gasteiger partial charge in [-0.15, -0.1) is 0 Å². The number of carbonyl (C=O) groups is 1. The van der Waals surface area contributed by atoms with Gasteiger partial charge in [0.05, 0.1) is 0 Å². The zero-order valence-corrected chi connectivity index (χ0v) is 4.27. The lowest BCUT2D eigenvalue weighted by Gasteiger charge is -1.99. The standard InChI is InChI=1S/C3H8N4O/c1-2-5-7-3(8)6-4/h2,5H,1,4H2,(H2,6,7,8). The fourth-order valence-electron chi connectivity index (χ4n) is 0.153. The van der Waals surface area contributed by atoms with Gasteiger partial charge in [0.15, 0.2) is 0 Å². The van der Waals surface area contributed by atoms with Crippen molar-refractivity contribution in [2.45, 2.75) is 0 Å². The van der Waals surface area contributed by atoms with Gasteiger partial charge in [0.2, 0.25) is 0 Å². The molecular formula is C3H8N4O. The number of rotatable bonds is 2. The lowest BCUT2D eigenvalue weighted by atomic mass is 11.0. The fraction of sp³-hybridized carbons (Fsp3) is 0. The zero-order valence-electron chi connectivity index (χ0n) is 4.27. The summed E-state index contributed by atoms with van der Waals surface area (Å²) in [5.41, 5.74) is 6.30. The Labute approximate surface area is 46.9 Å². The lowest BCUT2D eigenvalue weighted by molar-refractivity contribution is 0.239. The van der Waals surface area contributed by atoms with Crippen LogP contribution in [0.3, 0.4) is 0 Å². The highest BCUT2D eigenvalue weighted by Gasteiger charge is 1.87. The van der Waals surface area contributed by atoms with Crippen LogP contribution in [0, 0.1) is 0 Å². The molecule has 0 radical (unpaired) electrons. The largest absolute Gasteiger partial charge is 0.347 e. The van der Waals surface area contributed by atoms with Crippen LogP contribution in [0.25, 0.3) is 0 Å². The summed E-state index contributed by atoms with van der Waals surface area (Å²) < 4.78 is 0. The van der Waals surface area contributed by atoms with Crippen molar-refractivity contribution >= 4 is 6.03 Å². The van der Waals surface area contributed by atoms with Crippen molar-refractivity contribution < 1.29 is 4.79 Å². The molecule has 0 aliphatic carbocycles. The van der Waals surface area contributed by atoms with Gasteiger partial charge in [-0.25, -0.2) is 10.6 Å². The molecule has 0 unspecified atom stereocenters. The lowest BCUT2D eigenvalue weighted by Crippen LogP contribution is -2.44. The van der Waals surface area contributed by atoms with Crippen LogP contribution >= 0.6 is 0 Å². The highest BCUT2D eigenvalue weighted by atomic mass is 16.2. The van der Waals surface area contributed by atoms with E-state index in [1.165, 1.54) is 6.20 Å². The van der Waals surface area contributed by atoms with Crippen molar-refractivity contribution in [1.29, 1.82) is 0 Å². The normalized spacial score (nSPS) is 7.12. The summed E-state index contributed by atoms with van der Waals surface area (Å²) in [7, 11) is 0. The van der Waals surface area contributed by atoms with Crippen LogP contribution < -0.4 is 22.1 Å². The van der Waals surface area contributed by atoms with Crippen molar-refractivity contribution in [1.82, 2.24) is 16.3 Å². The number of amides is 2. The van der Waals surface area contributed by atoms with Crippen LogP contribution in [0.15, 0.2) is 12.8 Å². The molecule has 0 aromatic heterocycles. The molecule has 0 fully saturated rings. The molecule has 0 saturated heterocycles. The van der Waals surface area contributed by atoms with Crippen molar-refractivity contribution in [3.63, 3.8) is 0 Å². The van der Waals surface area contributed by atoms with Crippen molar-refractivity contribution in [2.75, 3.05) is 0 Å². The molecule has 46 valence electrons. The Hall–Kier alpha value is -1.23. The Kier molecular flexibility index (Phi) is 3.34. The Morgan fingerprint density at radius 2 is 2.38 bits per heavy atom. The van der Waals surface area contributed by atoms with Gasteiger partial charge >= 0.3 is 6.03 Å². The van der Waals surface area contributed by atoms with Crippen molar-refractivity contribution in [3.05, 3.63) is 12.8 Å². The van der Waals surface area contributed by atoms with E-state index in [-0.39, 0.29) is 0 Å². The topological polar surface area (TPSA) is 79.2 Å². The van der Waals surface area contributed by atoms with Crippen LogP contribution in [0.4, 0.5) is 4.79 Å². The van der Waals surface area contributed by atoms with E-state index < -0.39 is 6.03 Å². The summed E-state index contributed by atoms with van der Waals surface area (Å²) in [6.07, 6.45) is 1.31. The SMILES string of the molecule is C=CNNC(=O)NN. The molecule has 0 atom stereocenters. The van der Waals surface area contributed by atoms with E-state index in [4.69, 9.17) is 0 Å². The molecule has 0 heterocycles. The predicted octanol–water partition coefficient (Wildman–Crippen LogP) is -1.19. The first kappa shape index (κ1) is 6.77. The maximum absolute atomic E-state index is 10.1. The van der Waals surface area contributed by atoms with E-state index >= 15 is 0 Å². The quantitative estimate of drug-likeness (QED) is 0.208. The van der Waals surface area contributed by atoms with E-state index in [0.717, 1.165) is 0 Å². The first-order chi connectivity index (χ1) is 3.81. The second-order valence-corrected chi connectivity index (χ2v) is 0.947. The molecule has 0 spiro atoms. The second-order valence-electron chi connectivity index (χ2n) is 0.947. The minimum Gasteiger partial charge on any atom is -0.305 e. The highest BCUT2D eigenvalue weighted by Crippen LogP contribution is 1.50. The molecule has 0 aromatic carbocycles. The van der Waals surface area contributed by atoms with Crippen molar-refractivity contribution in [3.8, 4) is 0 Å². The van der Waals surface area contributed by atoms with Gasteiger partial charge in [0, 0.05) is 6.20 Å². The molecule has 5 N–H and O–H groups in total. The van der Waals surface area contributed by atoms with E-state index in [9.17, 15) is 4.79 Å². The minimum atomic E-state index is -0.509. The molecule has 2 amide bonds. The number of hydrogen-bond donors (Lipinski definition) is 4. The molecule has 0 aromatic rings. The summed E-state index contributed by atoms with van der Waals surface area (Å²) in [6.45, 7) is 3.27. The smallest absolute Gasteiger partial charge is 0.305 e. The molecule has 5 heteroatoms. The number of nitrogens with two attached hydrogens (primary N) is 1. The summed E-state index contributed by atoms with van der Waals surface area (Å²) in [4.78, 5) is 10.1. The maximum atomic E-state index is 10.1. The molecule has 0 bridgehead atoms. The van der Waals surface area contributed by atoms with Crippen LogP contribution in [0.2, 0.25) is 0 Å². The van der Waals surface area contributed by atoms with E-state index in [2.05, 4.69) is 23.3 Å². The Morgan fingerprint density at radius 3 is 2.75 bits per heavy atom. The van der Waals surface area contributed by atoms with Gasteiger partial charge in [-0.2, -0.15) is 0 Å². The highest BCUT2D eigenvalue weighted by molar-refractivity contribution is 5.72. The van der Waals surface area contributed by atoms with Crippen LogP contribution in [0.1, 0.15) is 0 Å². The summed E-state index contributed by atoms with van der Waals surface area (Å²) in [5.74, 6) is 4.68. The second kappa shape index (κ2) is 3.94. The van der Waals surface area contributed by atoms with Crippen LogP contribution in [-0.2, 0) is 0 Å². The monoisotopic (exact) mass is 116 g/mol. The van der Waals surface area contributed by atoms with E-state index in [0.29, 0.717) is 0 Å². The average molecular weight is 116 g/mol. The maximum Gasteiger partial charge on any atom is 0.347 e. The molecule has 0 saturated carbocycles. The number of nitrogens with one attached hydrogen (secondary N) is 3. The molecule has 0 rings (SSSR count). The molecule has 0 aliphatic rings. The van der Waals surface area contributed by atoms with E-state index in [1.807, 2.05) is 5.43 Å². The van der Waals surface area contributed by atoms with Gasteiger partial charge in [-0.05, 0) is 0 Å². The van der Waals surface area contributed by atoms with E-state index in [1.54, 1.807) is 0 Å². The molecule has 0 aliphatic heterocycles. The third-order valence-electron chi connectivity index (χ3n) is 0.419. The minimum absolute atomic E-state index is 0.509. The third-order valence-corrected chi connectivity index (χ3v) is 0.419. The zero-order chi connectivity index (χ0) is 6.41.